The van der Waals surface area contributed by atoms with Crippen molar-refractivity contribution in [3.8, 4) is 5.88 Å². The molecular weight excluding hydrogens is 309 g/mol. The number of anilines is 1. The molecule has 1 amide bonds. The second kappa shape index (κ2) is 5.21. The Morgan fingerprint density at radius 2 is 2.12 bits per heavy atom. The van der Waals surface area contributed by atoms with Crippen LogP contribution in [0.5, 0.6) is 5.88 Å². The van der Waals surface area contributed by atoms with Crippen LogP contribution in [0.3, 0.4) is 0 Å². The van der Waals surface area contributed by atoms with Crippen molar-refractivity contribution in [2.75, 3.05) is 12.4 Å². The van der Waals surface area contributed by atoms with Gasteiger partial charge in [-0.25, -0.2) is 9.78 Å². The van der Waals surface area contributed by atoms with E-state index in [1.54, 1.807) is 0 Å². The van der Waals surface area contributed by atoms with E-state index in [-0.39, 0.29) is 10.3 Å². The molecule has 94 valence electrons. The van der Waals surface area contributed by atoms with Crippen LogP contribution >= 0.6 is 15.9 Å². The molecule has 0 spiro atoms. The molecule has 1 rings (SSSR count). The highest BCUT2D eigenvalue weighted by molar-refractivity contribution is 9.10. The predicted molar refractivity (Wildman–Crippen MR) is 54.6 cm³/mol. The van der Waals surface area contributed by atoms with Crippen LogP contribution in [-0.2, 0) is 4.74 Å². The molecule has 5 nitrogen and oxygen atoms in total. The summed E-state index contributed by atoms with van der Waals surface area (Å²) in [5.74, 6) is -0.780. The Kier molecular flexibility index (Phi) is 4.16. The van der Waals surface area contributed by atoms with Gasteiger partial charge in [-0.2, -0.15) is 0 Å². The summed E-state index contributed by atoms with van der Waals surface area (Å²) >= 11 is 2.88. The fourth-order valence-corrected chi connectivity index (χ4v) is 1.15. The molecule has 0 aliphatic heterocycles. The first-order valence-corrected chi connectivity index (χ1v) is 4.88. The van der Waals surface area contributed by atoms with Crippen LogP contribution in [0, 0.1) is 0 Å². The van der Waals surface area contributed by atoms with Crippen molar-refractivity contribution in [3.63, 3.8) is 0 Å². The molecule has 0 saturated carbocycles. The van der Waals surface area contributed by atoms with E-state index < -0.39 is 18.3 Å². The number of alkyl halides is 3. The van der Waals surface area contributed by atoms with Gasteiger partial charge in [0.25, 0.3) is 0 Å². The van der Waals surface area contributed by atoms with Gasteiger partial charge in [-0.1, -0.05) is 0 Å². The number of rotatable bonds is 2. The van der Waals surface area contributed by atoms with Crippen LogP contribution in [0.25, 0.3) is 0 Å². The van der Waals surface area contributed by atoms with Gasteiger partial charge < -0.3 is 9.47 Å². The zero-order valence-corrected chi connectivity index (χ0v) is 9.92. The average molecular weight is 315 g/mol. The first-order chi connectivity index (χ1) is 7.81. The number of hydrogen-bond donors (Lipinski definition) is 1. The molecule has 9 heteroatoms. The number of nitrogens with zero attached hydrogens (tertiary/aromatic N) is 1. The third kappa shape index (κ3) is 4.47. The van der Waals surface area contributed by atoms with Gasteiger partial charge >= 0.3 is 12.5 Å². The van der Waals surface area contributed by atoms with E-state index in [1.807, 2.05) is 5.32 Å². The van der Waals surface area contributed by atoms with Gasteiger partial charge in [0.2, 0.25) is 5.88 Å². The zero-order chi connectivity index (χ0) is 13.1. The van der Waals surface area contributed by atoms with Gasteiger partial charge in [-0.05, 0) is 28.1 Å². The van der Waals surface area contributed by atoms with Crippen molar-refractivity contribution in [3.05, 3.63) is 16.7 Å². The molecule has 0 fully saturated rings. The highest BCUT2D eigenvalue weighted by Gasteiger charge is 2.33. The lowest BCUT2D eigenvalue weighted by molar-refractivity contribution is -0.275. The second-order valence-electron chi connectivity index (χ2n) is 2.65. The Balaban J connectivity index is 2.99. The van der Waals surface area contributed by atoms with Crippen molar-refractivity contribution >= 4 is 27.7 Å². The van der Waals surface area contributed by atoms with Gasteiger partial charge in [0.15, 0.2) is 0 Å². The van der Waals surface area contributed by atoms with Gasteiger partial charge in [-0.15, -0.1) is 13.2 Å². The molecule has 0 aromatic carbocycles. The fraction of sp³-hybridized carbons (Fsp3) is 0.250. The number of pyridine rings is 1. The number of halogens is 4. The lowest BCUT2D eigenvalue weighted by Gasteiger charge is -2.12. The van der Waals surface area contributed by atoms with Gasteiger partial charge in [0, 0.05) is 0 Å². The average Bonchev–Trinajstić information content (AvgIpc) is 2.19. The summed E-state index contributed by atoms with van der Waals surface area (Å²) < 4.78 is 44.2. The Bertz CT molecular complexity index is 425. The minimum atomic E-state index is -4.90. The van der Waals surface area contributed by atoms with E-state index >= 15 is 0 Å². The monoisotopic (exact) mass is 314 g/mol. The molecule has 0 atom stereocenters. The van der Waals surface area contributed by atoms with Crippen molar-refractivity contribution in [1.82, 2.24) is 4.98 Å². The third-order valence-corrected chi connectivity index (χ3v) is 1.90. The summed E-state index contributed by atoms with van der Waals surface area (Å²) in [7, 11) is 1.08. The summed E-state index contributed by atoms with van der Waals surface area (Å²) in [6.07, 6.45) is -5.83. The van der Waals surface area contributed by atoms with E-state index in [4.69, 9.17) is 0 Å². The normalized spacial score (nSPS) is 10.9. The number of aromatic nitrogens is 1. The molecule has 1 N–H and O–H groups in total. The Morgan fingerprint density at radius 1 is 1.47 bits per heavy atom. The predicted octanol–water partition coefficient (Wildman–Crippen LogP) is 2.92. The highest BCUT2D eigenvalue weighted by Crippen LogP contribution is 2.29. The van der Waals surface area contributed by atoms with Gasteiger partial charge in [0.05, 0.1) is 7.11 Å². The molecule has 17 heavy (non-hydrogen) atoms. The Morgan fingerprint density at radius 3 is 2.65 bits per heavy atom. The number of ether oxygens (including phenoxy) is 2. The number of amides is 1. The Hall–Kier alpha value is -1.51. The maximum Gasteiger partial charge on any atom is 0.574 e. The highest BCUT2D eigenvalue weighted by atomic mass is 79.9. The maximum absolute atomic E-state index is 12.1. The first-order valence-electron chi connectivity index (χ1n) is 4.09. The SMILES string of the molecule is COC(=O)Nc1ccc(Br)nc1OC(F)(F)F. The van der Waals surface area contributed by atoms with Crippen LogP contribution in [-0.4, -0.2) is 24.5 Å². The topological polar surface area (TPSA) is 60.5 Å². The summed E-state index contributed by atoms with van der Waals surface area (Å²) in [6.45, 7) is 0. The van der Waals surface area contributed by atoms with Crippen molar-refractivity contribution in [1.29, 1.82) is 0 Å². The minimum absolute atomic E-state index is 0.132. The lowest BCUT2D eigenvalue weighted by Crippen LogP contribution is -2.20. The van der Waals surface area contributed by atoms with Crippen LogP contribution in [0.2, 0.25) is 0 Å². The van der Waals surface area contributed by atoms with Crippen LogP contribution < -0.4 is 10.1 Å². The Labute approximate surface area is 102 Å². The summed E-state index contributed by atoms with van der Waals surface area (Å²) in [4.78, 5) is 14.3. The summed E-state index contributed by atoms with van der Waals surface area (Å²) in [5.41, 5.74) is -0.252. The molecule has 0 unspecified atom stereocenters. The van der Waals surface area contributed by atoms with Crippen LogP contribution in [0.1, 0.15) is 0 Å². The third-order valence-electron chi connectivity index (χ3n) is 1.46. The van der Waals surface area contributed by atoms with E-state index in [0.29, 0.717) is 0 Å². The first kappa shape index (κ1) is 13.6. The largest absolute Gasteiger partial charge is 0.574 e. The van der Waals surface area contributed by atoms with Crippen LogP contribution in [0.15, 0.2) is 16.7 Å². The summed E-state index contributed by atoms with van der Waals surface area (Å²) in [6, 6.07) is 2.53. The van der Waals surface area contributed by atoms with Crippen LogP contribution in [0.4, 0.5) is 23.7 Å². The molecule has 0 saturated heterocycles. The molecule has 1 aromatic heterocycles. The van der Waals surface area contributed by atoms with Gasteiger partial charge in [-0.3, -0.25) is 5.32 Å². The number of nitrogens with one attached hydrogen (secondary N) is 1. The van der Waals surface area contributed by atoms with E-state index in [0.717, 1.165) is 7.11 Å². The van der Waals surface area contributed by atoms with Crippen molar-refractivity contribution in [2.24, 2.45) is 0 Å². The number of carbonyl (C=O) groups excluding carboxylic acids is 1. The molecule has 1 heterocycles. The standard InChI is InChI=1S/C8H6BrF3N2O3/c1-16-7(15)13-4-2-3-5(9)14-6(4)17-8(10,11)12/h2-3H,1H3,(H,13,15). The zero-order valence-electron chi connectivity index (χ0n) is 8.34. The van der Waals surface area contributed by atoms with Crippen molar-refractivity contribution < 1.29 is 27.4 Å². The maximum atomic E-state index is 12.1. The summed E-state index contributed by atoms with van der Waals surface area (Å²) in [5, 5.41) is 2.04. The molecule has 0 aliphatic carbocycles. The number of hydrogen-bond acceptors (Lipinski definition) is 4. The number of methoxy groups -OCH3 is 1. The van der Waals surface area contributed by atoms with E-state index in [9.17, 15) is 18.0 Å². The molecule has 0 aliphatic rings. The van der Waals surface area contributed by atoms with E-state index in [1.165, 1.54) is 12.1 Å². The fourth-order valence-electron chi connectivity index (χ4n) is 0.861. The number of carbonyl (C=O) groups is 1. The van der Waals surface area contributed by atoms with Gasteiger partial charge in [0.1, 0.15) is 10.3 Å². The smallest absolute Gasteiger partial charge is 0.453 e. The minimum Gasteiger partial charge on any atom is -0.453 e. The molecule has 0 radical (unpaired) electrons. The molecular formula is C8H6BrF3N2O3. The van der Waals surface area contributed by atoms with Crippen molar-refractivity contribution in [2.45, 2.75) is 6.36 Å². The lowest BCUT2D eigenvalue weighted by atomic mass is 10.4. The quantitative estimate of drug-likeness (QED) is 0.853. The van der Waals surface area contributed by atoms with E-state index in [2.05, 4.69) is 30.4 Å². The molecule has 0 bridgehead atoms. The second-order valence-corrected chi connectivity index (χ2v) is 3.46. The molecule has 1 aromatic rings.